The molecule has 0 radical (unpaired) electrons. The predicted octanol–water partition coefficient (Wildman–Crippen LogP) is 2.63. The van der Waals surface area contributed by atoms with Crippen LogP contribution in [-0.2, 0) is 9.16 Å². The first-order valence-corrected chi connectivity index (χ1v) is 11.1. The molecule has 1 aliphatic rings. The van der Waals surface area contributed by atoms with Crippen LogP contribution >= 0.6 is 0 Å². The highest BCUT2D eigenvalue weighted by Crippen LogP contribution is 2.38. The van der Waals surface area contributed by atoms with Gasteiger partial charge in [-0.3, -0.25) is 4.57 Å². The molecule has 0 spiro atoms. The largest absolute Gasteiger partial charge is 0.491 e. The minimum atomic E-state index is -1.77. The van der Waals surface area contributed by atoms with Crippen molar-refractivity contribution in [2.75, 3.05) is 6.61 Å². The first-order valence-electron chi connectivity index (χ1n) is 8.23. The maximum Gasteiger partial charge on any atom is 0.262 e. The Labute approximate surface area is 142 Å². The summed E-state index contributed by atoms with van der Waals surface area (Å²) in [5, 5.41) is 20.9. The maximum absolute atomic E-state index is 9.68. The molecule has 0 saturated carbocycles. The Morgan fingerprint density at radius 3 is 2.79 bits per heavy atom. The number of aromatic hydroxyl groups is 1. The monoisotopic (exact) mass is 351 g/mol. The van der Waals surface area contributed by atoms with Crippen LogP contribution in [0.2, 0.25) is 18.1 Å². The second-order valence-electron chi connectivity index (χ2n) is 7.80. The molecule has 2 aromatic rings. The van der Waals surface area contributed by atoms with Crippen LogP contribution in [0.4, 0.5) is 0 Å². The molecule has 3 heterocycles. The van der Waals surface area contributed by atoms with E-state index in [0.717, 1.165) is 12.8 Å². The van der Waals surface area contributed by atoms with Crippen molar-refractivity contribution in [3.8, 4) is 5.88 Å². The Balaban J connectivity index is 1.66. The van der Waals surface area contributed by atoms with Crippen molar-refractivity contribution in [2.24, 2.45) is 0 Å². The van der Waals surface area contributed by atoms with Gasteiger partial charge in [0.15, 0.2) is 19.5 Å². The van der Waals surface area contributed by atoms with E-state index in [1.807, 2.05) is 0 Å². The summed E-state index contributed by atoms with van der Waals surface area (Å²) in [6, 6.07) is 0. The molecule has 3 rings (SSSR count). The summed E-state index contributed by atoms with van der Waals surface area (Å²) in [5.74, 6) is -0.213. The molecule has 8 nitrogen and oxygen atoms in total. The van der Waals surface area contributed by atoms with E-state index in [0.29, 0.717) is 17.8 Å². The minimum absolute atomic E-state index is 0.0602. The van der Waals surface area contributed by atoms with Crippen LogP contribution < -0.4 is 0 Å². The molecule has 1 N–H and O–H groups in total. The Kier molecular flexibility index (Phi) is 4.35. The van der Waals surface area contributed by atoms with Gasteiger partial charge in [0.1, 0.15) is 6.23 Å². The fourth-order valence-corrected chi connectivity index (χ4v) is 3.54. The van der Waals surface area contributed by atoms with E-state index >= 15 is 0 Å². The Bertz CT molecular complexity index is 727. The van der Waals surface area contributed by atoms with Crippen molar-refractivity contribution < 1.29 is 14.3 Å². The minimum Gasteiger partial charge on any atom is -0.491 e. The van der Waals surface area contributed by atoms with Gasteiger partial charge >= 0.3 is 0 Å². The van der Waals surface area contributed by atoms with E-state index < -0.39 is 8.32 Å². The van der Waals surface area contributed by atoms with Crippen LogP contribution in [0, 0.1) is 0 Å². The van der Waals surface area contributed by atoms with Gasteiger partial charge in [-0.15, -0.1) is 5.10 Å². The summed E-state index contributed by atoms with van der Waals surface area (Å²) < 4.78 is 14.2. The van der Waals surface area contributed by atoms with E-state index in [-0.39, 0.29) is 23.3 Å². The molecule has 24 heavy (non-hydrogen) atoms. The average Bonchev–Trinajstić information content (AvgIpc) is 3.10. The molecule has 1 aliphatic heterocycles. The third-order valence-electron chi connectivity index (χ3n) is 5.09. The van der Waals surface area contributed by atoms with Gasteiger partial charge in [-0.05, 0) is 36.2 Å². The smallest absolute Gasteiger partial charge is 0.262 e. The highest BCUT2D eigenvalue weighted by molar-refractivity contribution is 6.74. The van der Waals surface area contributed by atoms with Gasteiger partial charge in [0.2, 0.25) is 0 Å². The van der Waals surface area contributed by atoms with E-state index in [2.05, 4.69) is 54.3 Å². The molecule has 9 heteroatoms. The summed E-state index contributed by atoms with van der Waals surface area (Å²) in [4.78, 5) is 4.15. The fourth-order valence-electron chi connectivity index (χ4n) is 2.51. The maximum atomic E-state index is 9.68. The number of hydrogen-bond donors (Lipinski definition) is 1. The van der Waals surface area contributed by atoms with Crippen molar-refractivity contribution in [3.63, 3.8) is 0 Å². The number of nitrogens with zero attached hydrogens (tertiary/aromatic N) is 5. The lowest BCUT2D eigenvalue weighted by atomic mass is 10.2. The molecule has 0 unspecified atom stereocenters. The van der Waals surface area contributed by atoms with Crippen molar-refractivity contribution in [3.05, 3.63) is 6.33 Å². The third-order valence-corrected chi connectivity index (χ3v) is 9.59. The van der Waals surface area contributed by atoms with E-state index in [1.165, 1.54) is 0 Å². The molecule has 0 amide bonds. The molecule has 0 aromatic carbocycles. The number of imidazole rings is 1. The molecule has 132 valence electrons. The molecule has 1 saturated heterocycles. The number of fused-ring (bicyclic) bond motifs is 1. The van der Waals surface area contributed by atoms with Gasteiger partial charge in [0.05, 0.1) is 19.0 Å². The zero-order valence-electron chi connectivity index (χ0n) is 14.9. The number of hydrogen-bond acceptors (Lipinski definition) is 7. The summed E-state index contributed by atoms with van der Waals surface area (Å²) >= 11 is 0. The van der Waals surface area contributed by atoms with Gasteiger partial charge in [0.25, 0.3) is 5.88 Å². The zero-order valence-corrected chi connectivity index (χ0v) is 15.9. The Morgan fingerprint density at radius 1 is 1.33 bits per heavy atom. The molecule has 0 aliphatic carbocycles. The van der Waals surface area contributed by atoms with Crippen molar-refractivity contribution in [2.45, 2.75) is 64.1 Å². The van der Waals surface area contributed by atoms with Gasteiger partial charge < -0.3 is 14.3 Å². The van der Waals surface area contributed by atoms with Crippen LogP contribution in [0.15, 0.2) is 6.33 Å². The summed E-state index contributed by atoms with van der Waals surface area (Å²) in [6.07, 6.45) is 3.28. The lowest BCUT2D eigenvalue weighted by Crippen LogP contribution is -2.42. The first kappa shape index (κ1) is 17.2. The highest BCUT2D eigenvalue weighted by atomic mass is 28.4. The predicted molar refractivity (Wildman–Crippen MR) is 91.1 cm³/mol. The topological polar surface area (TPSA) is 95.2 Å². The van der Waals surface area contributed by atoms with E-state index in [4.69, 9.17) is 9.16 Å². The molecular weight excluding hydrogens is 326 g/mol. The quantitative estimate of drug-likeness (QED) is 0.846. The van der Waals surface area contributed by atoms with Crippen LogP contribution in [0.3, 0.4) is 0 Å². The van der Waals surface area contributed by atoms with E-state index in [1.54, 1.807) is 10.9 Å². The van der Waals surface area contributed by atoms with Crippen LogP contribution in [-0.4, -0.2) is 51.1 Å². The lowest BCUT2D eigenvalue weighted by Gasteiger charge is -2.36. The van der Waals surface area contributed by atoms with Crippen molar-refractivity contribution in [1.82, 2.24) is 25.0 Å². The second-order valence-corrected chi connectivity index (χ2v) is 12.6. The second kappa shape index (κ2) is 6.05. The normalized spacial score (nSPS) is 22.4. The van der Waals surface area contributed by atoms with Crippen molar-refractivity contribution >= 4 is 19.5 Å². The standard InChI is InChI=1S/C15H25N5O3Si/c1-15(2,3)24(4,5)22-8-10-6-7-11(23-10)20-9-16-12-13(20)17-19-18-14(12)21/h9-11H,6-8H2,1-5H3,(H,17,18,21)/t10-,11+/m0/s1. The number of aromatic nitrogens is 5. The molecular formula is C15H25N5O3Si. The SMILES string of the molecule is CC(C)(C)[Si](C)(C)OC[C@@H]1CC[C@H](n2cnc3c(O)nnnc32)O1. The summed E-state index contributed by atoms with van der Waals surface area (Å²) in [7, 11) is -1.77. The zero-order chi connectivity index (χ0) is 17.5. The summed E-state index contributed by atoms with van der Waals surface area (Å²) in [6.45, 7) is 11.8. The molecule has 2 atom stereocenters. The Morgan fingerprint density at radius 2 is 2.08 bits per heavy atom. The lowest BCUT2D eigenvalue weighted by molar-refractivity contribution is -0.0182. The van der Waals surface area contributed by atoms with Crippen molar-refractivity contribution in [1.29, 1.82) is 0 Å². The Hall–Kier alpha value is -1.58. The highest BCUT2D eigenvalue weighted by Gasteiger charge is 2.38. The van der Waals surface area contributed by atoms with Gasteiger partial charge in [-0.25, -0.2) is 4.98 Å². The van der Waals surface area contributed by atoms with Gasteiger partial charge in [0, 0.05) is 0 Å². The van der Waals surface area contributed by atoms with Crippen LogP contribution in [0.1, 0.15) is 39.8 Å². The fraction of sp³-hybridized carbons (Fsp3) is 0.733. The van der Waals surface area contributed by atoms with Crippen LogP contribution in [0.5, 0.6) is 5.88 Å². The van der Waals surface area contributed by atoms with Gasteiger partial charge in [-0.1, -0.05) is 25.9 Å². The molecule has 2 aromatic heterocycles. The van der Waals surface area contributed by atoms with E-state index in [9.17, 15) is 5.11 Å². The van der Waals surface area contributed by atoms with Crippen LogP contribution in [0.25, 0.3) is 11.2 Å². The number of ether oxygens (including phenoxy) is 1. The number of rotatable bonds is 4. The molecule has 0 bridgehead atoms. The molecule has 1 fully saturated rings. The first-order chi connectivity index (χ1) is 11.2. The summed E-state index contributed by atoms with van der Waals surface area (Å²) in [5.41, 5.74) is 0.827. The van der Waals surface area contributed by atoms with Gasteiger partial charge in [-0.2, -0.15) is 0 Å². The average molecular weight is 351 g/mol. The third kappa shape index (κ3) is 3.15.